The SMILES string of the molecule is COC1CCCOC12CCN(C(=O)c1cnc(-c3cccnc3)nc1)CC2. The van der Waals surface area contributed by atoms with Gasteiger partial charge in [-0.25, -0.2) is 9.97 Å². The molecule has 2 saturated heterocycles. The third kappa shape index (κ3) is 3.57. The maximum atomic E-state index is 12.8. The van der Waals surface area contributed by atoms with Gasteiger partial charge in [0.25, 0.3) is 5.91 Å². The van der Waals surface area contributed by atoms with E-state index in [1.54, 1.807) is 31.9 Å². The summed E-state index contributed by atoms with van der Waals surface area (Å²) in [5.41, 5.74) is 1.09. The minimum Gasteiger partial charge on any atom is -0.378 e. The number of carbonyl (C=O) groups is 1. The number of rotatable bonds is 3. The van der Waals surface area contributed by atoms with Crippen molar-refractivity contribution in [2.45, 2.75) is 37.4 Å². The molecule has 0 N–H and O–H groups in total. The summed E-state index contributed by atoms with van der Waals surface area (Å²) in [6, 6.07) is 3.73. The lowest BCUT2D eigenvalue weighted by atomic mass is 9.81. The Hall–Kier alpha value is -2.38. The molecule has 1 amide bonds. The second-order valence-electron chi connectivity index (χ2n) is 7.11. The number of piperidine rings is 1. The number of amides is 1. The van der Waals surface area contributed by atoms with Crippen molar-refractivity contribution in [3.05, 3.63) is 42.5 Å². The van der Waals surface area contributed by atoms with Crippen molar-refractivity contribution in [3.63, 3.8) is 0 Å². The van der Waals surface area contributed by atoms with Crippen LogP contribution in [0.5, 0.6) is 0 Å². The number of carbonyl (C=O) groups excluding carboxylic acids is 1. The zero-order valence-corrected chi connectivity index (χ0v) is 15.5. The van der Waals surface area contributed by atoms with E-state index in [1.807, 2.05) is 17.0 Å². The average molecular weight is 368 g/mol. The summed E-state index contributed by atoms with van der Waals surface area (Å²) in [7, 11) is 1.75. The first-order valence-corrected chi connectivity index (χ1v) is 9.40. The first kappa shape index (κ1) is 18.0. The average Bonchev–Trinajstić information content (AvgIpc) is 2.75. The molecule has 7 nitrogen and oxygen atoms in total. The predicted molar refractivity (Wildman–Crippen MR) is 99.1 cm³/mol. The summed E-state index contributed by atoms with van der Waals surface area (Å²) in [5.74, 6) is 0.531. The molecular formula is C20H24N4O3. The summed E-state index contributed by atoms with van der Waals surface area (Å²) < 4.78 is 11.8. The number of pyridine rings is 1. The number of hydrogen-bond acceptors (Lipinski definition) is 6. The highest BCUT2D eigenvalue weighted by atomic mass is 16.5. The standard InChI is InChI=1S/C20H24N4O3/c1-26-17-5-3-11-27-20(17)6-9-24(10-7-20)19(25)16-13-22-18(23-14-16)15-4-2-8-21-12-15/h2,4,8,12-14,17H,3,5-7,9-11H2,1H3. The van der Waals surface area contributed by atoms with Gasteiger partial charge in [0.2, 0.25) is 0 Å². The van der Waals surface area contributed by atoms with Crippen molar-refractivity contribution >= 4 is 5.91 Å². The molecule has 142 valence electrons. The van der Waals surface area contributed by atoms with Gasteiger partial charge in [-0.3, -0.25) is 9.78 Å². The third-order valence-corrected chi connectivity index (χ3v) is 5.59. The molecule has 2 aliphatic heterocycles. The molecule has 0 bridgehead atoms. The van der Waals surface area contributed by atoms with E-state index in [9.17, 15) is 4.79 Å². The molecule has 7 heteroatoms. The molecule has 2 aromatic heterocycles. The van der Waals surface area contributed by atoms with E-state index in [-0.39, 0.29) is 17.6 Å². The quantitative estimate of drug-likeness (QED) is 0.828. The molecule has 0 saturated carbocycles. The fraction of sp³-hybridized carbons (Fsp3) is 0.500. The first-order valence-electron chi connectivity index (χ1n) is 9.40. The maximum Gasteiger partial charge on any atom is 0.256 e. The van der Waals surface area contributed by atoms with E-state index < -0.39 is 0 Å². The third-order valence-electron chi connectivity index (χ3n) is 5.59. The van der Waals surface area contributed by atoms with Crippen LogP contribution < -0.4 is 0 Å². The van der Waals surface area contributed by atoms with Gasteiger partial charge in [0.15, 0.2) is 5.82 Å². The first-order chi connectivity index (χ1) is 13.2. The summed E-state index contributed by atoms with van der Waals surface area (Å²) in [4.78, 5) is 27.4. The number of likely N-dealkylation sites (tertiary alicyclic amines) is 1. The number of methoxy groups -OCH3 is 1. The molecule has 0 aromatic carbocycles. The Morgan fingerprint density at radius 2 is 2.04 bits per heavy atom. The largest absolute Gasteiger partial charge is 0.378 e. The minimum absolute atomic E-state index is 0.0348. The molecule has 4 heterocycles. The Labute approximate surface area is 158 Å². The molecule has 2 aromatic rings. The van der Waals surface area contributed by atoms with Crippen LogP contribution in [0.2, 0.25) is 0 Å². The van der Waals surface area contributed by atoms with Crippen molar-refractivity contribution in [1.82, 2.24) is 19.9 Å². The van der Waals surface area contributed by atoms with Gasteiger partial charge in [-0.15, -0.1) is 0 Å². The van der Waals surface area contributed by atoms with E-state index in [0.717, 1.165) is 37.9 Å². The number of nitrogens with zero attached hydrogens (tertiary/aromatic N) is 4. The Bertz CT molecular complexity index is 774. The second-order valence-corrected chi connectivity index (χ2v) is 7.11. The lowest BCUT2D eigenvalue weighted by molar-refractivity contribution is -0.183. The van der Waals surface area contributed by atoms with Crippen molar-refractivity contribution in [1.29, 1.82) is 0 Å². The Kier molecular flexibility index (Phi) is 5.13. The molecule has 2 aliphatic rings. The predicted octanol–water partition coefficient (Wildman–Crippen LogP) is 2.34. The van der Waals surface area contributed by atoms with Crippen molar-refractivity contribution in [3.8, 4) is 11.4 Å². The Balaban J connectivity index is 1.42. The number of ether oxygens (including phenoxy) is 2. The van der Waals surface area contributed by atoms with Crippen LogP contribution in [0.4, 0.5) is 0 Å². The van der Waals surface area contributed by atoms with Crippen molar-refractivity contribution in [2.24, 2.45) is 0 Å². The molecular weight excluding hydrogens is 344 g/mol. The van der Waals surface area contributed by atoms with Crippen LogP contribution in [-0.4, -0.2) is 64.3 Å². The van der Waals surface area contributed by atoms with E-state index in [4.69, 9.17) is 9.47 Å². The lowest BCUT2D eigenvalue weighted by Crippen LogP contribution is -2.56. The summed E-state index contributed by atoms with van der Waals surface area (Å²) in [6.45, 7) is 2.09. The van der Waals surface area contributed by atoms with Gasteiger partial charge in [0, 0.05) is 57.2 Å². The number of aromatic nitrogens is 3. The van der Waals surface area contributed by atoms with E-state index in [2.05, 4.69) is 15.0 Å². The van der Waals surface area contributed by atoms with Gasteiger partial charge in [-0.2, -0.15) is 0 Å². The van der Waals surface area contributed by atoms with Crippen LogP contribution in [0.25, 0.3) is 11.4 Å². The van der Waals surface area contributed by atoms with Crippen molar-refractivity contribution < 1.29 is 14.3 Å². The van der Waals surface area contributed by atoms with Gasteiger partial charge >= 0.3 is 0 Å². The summed E-state index contributed by atoms with van der Waals surface area (Å²) in [5, 5.41) is 0. The minimum atomic E-state index is -0.246. The van der Waals surface area contributed by atoms with Crippen LogP contribution >= 0.6 is 0 Å². The van der Waals surface area contributed by atoms with Gasteiger partial charge in [-0.05, 0) is 37.8 Å². The van der Waals surface area contributed by atoms with Crippen molar-refractivity contribution in [2.75, 3.05) is 26.8 Å². The highest BCUT2D eigenvalue weighted by Crippen LogP contribution is 2.37. The highest BCUT2D eigenvalue weighted by Gasteiger charge is 2.45. The van der Waals surface area contributed by atoms with E-state index >= 15 is 0 Å². The highest BCUT2D eigenvalue weighted by molar-refractivity contribution is 5.93. The van der Waals surface area contributed by atoms with Gasteiger partial charge in [0.05, 0.1) is 17.3 Å². The van der Waals surface area contributed by atoms with Crippen LogP contribution in [0.1, 0.15) is 36.0 Å². The van der Waals surface area contributed by atoms with Gasteiger partial charge in [-0.1, -0.05) is 0 Å². The van der Waals surface area contributed by atoms with Crippen LogP contribution in [0.3, 0.4) is 0 Å². The molecule has 1 atom stereocenters. The fourth-order valence-corrected chi connectivity index (χ4v) is 4.05. The Morgan fingerprint density at radius 3 is 2.70 bits per heavy atom. The second kappa shape index (κ2) is 7.70. The zero-order chi connectivity index (χ0) is 18.7. The zero-order valence-electron chi connectivity index (χ0n) is 15.5. The molecule has 1 unspecified atom stereocenters. The smallest absolute Gasteiger partial charge is 0.256 e. The van der Waals surface area contributed by atoms with Gasteiger partial charge in [0.1, 0.15) is 0 Å². The molecule has 0 radical (unpaired) electrons. The van der Waals surface area contributed by atoms with Crippen LogP contribution in [0.15, 0.2) is 36.9 Å². The van der Waals surface area contributed by atoms with E-state index in [1.165, 1.54) is 0 Å². The Morgan fingerprint density at radius 1 is 1.26 bits per heavy atom. The molecule has 2 fully saturated rings. The maximum absolute atomic E-state index is 12.8. The molecule has 27 heavy (non-hydrogen) atoms. The number of hydrogen-bond donors (Lipinski definition) is 0. The summed E-state index contributed by atoms with van der Waals surface area (Å²) >= 11 is 0. The monoisotopic (exact) mass is 368 g/mol. The topological polar surface area (TPSA) is 77.4 Å². The summed E-state index contributed by atoms with van der Waals surface area (Å²) in [6.07, 6.45) is 10.4. The molecule has 0 aliphatic carbocycles. The molecule has 4 rings (SSSR count). The van der Waals surface area contributed by atoms with Crippen LogP contribution in [0, 0.1) is 0 Å². The lowest BCUT2D eigenvalue weighted by Gasteiger charge is -2.48. The van der Waals surface area contributed by atoms with Gasteiger partial charge < -0.3 is 14.4 Å². The normalized spacial score (nSPS) is 22.0. The molecule has 1 spiro atoms. The fourth-order valence-electron chi connectivity index (χ4n) is 4.05. The van der Waals surface area contributed by atoms with E-state index in [0.29, 0.717) is 24.5 Å². The van der Waals surface area contributed by atoms with Crippen LogP contribution in [-0.2, 0) is 9.47 Å².